The van der Waals surface area contributed by atoms with Crippen LogP contribution in [0.2, 0.25) is 0 Å². The van der Waals surface area contributed by atoms with Gasteiger partial charge in [0.05, 0.1) is 30.6 Å². The molecule has 0 bridgehead atoms. The highest BCUT2D eigenvalue weighted by atomic mass is 32.1. The molecule has 7 heteroatoms. The summed E-state index contributed by atoms with van der Waals surface area (Å²) >= 11 is 5.11. The second-order valence-corrected chi connectivity index (χ2v) is 15.4. The van der Waals surface area contributed by atoms with E-state index < -0.39 is 0 Å². The smallest absolute Gasteiger partial charge is 0.117 e. The Labute approximate surface area is 313 Å². The molecular weight excluding hydrogens is 693 g/mol. The summed E-state index contributed by atoms with van der Waals surface area (Å²) in [5.74, 6) is 0. The monoisotopic (exact) mass is 722 g/mol. The van der Waals surface area contributed by atoms with Crippen LogP contribution in [0.15, 0.2) is 146 Å². The summed E-state index contributed by atoms with van der Waals surface area (Å²) in [7, 11) is 0. The molecule has 0 radical (unpaired) electrons. The van der Waals surface area contributed by atoms with Gasteiger partial charge in [-0.1, -0.05) is 91.0 Å². The predicted molar refractivity (Wildman–Crippen MR) is 227 cm³/mol. The number of hydrogen-bond donors (Lipinski definition) is 0. The summed E-state index contributed by atoms with van der Waals surface area (Å²) in [5.41, 5.74) is 9.56. The first-order chi connectivity index (χ1) is 25.7. The highest BCUT2D eigenvalue weighted by molar-refractivity contribution is 7.20. The molecule has 0 fully saturated rings. The van der Waals surface area contributed by atoms with E-state index in [2.05, 4.69) is 169 Å². The van der Waals surface area contributed by atoms with Gasteiger partial charge >= 0.3 is 0 Å². The van der Waals surface area contributed by atoms with E-state index in [0.29, 0.717) is 0 Å². The molecule has 0 aliphatic heterocycles. The maximum atomic E-state index is 4.80. The number of aromatic nitrogens is 3. The molecule has 9 aromatic rings. The molecule has 0 N–H and O–H groups in total. The fourth-order valence-electron chi connectivity index (χ4n) is 6.14. The maximum absolute atomic E-state index is 4.80. The lowest BCUT2D eigenvalue weighted by Crippen LogP contribution is -2.10. The Morgan fingerprint density at radius 3 is 1.00 bits per heavy atom. The molecule has 248 valence electrons. The average Bonchev–Trinajstić information content (AvgIpc) is 3.92. The Balaban J connectivity index is 1.07. The third-order valence-corrected chi connectivity index (χ3v) is 11.6. The van der Waals surface area contributed by atoms with Gasteiger partial charge in [0.1, 0.15) is 15.0 Å². The summed E-state index contributed by atoms with van der Waals surface area (Å²) < 4.78 is 3.57. The number of para-hydroxylation sites is 3. The zero-order valence-electron chi connectivity index (χ0n) is 27.8. The third kappa shape index (κ3) is 6.98. The Bertz CT molecular complexity index is 2380. The highest BCUT2D eigenvalue weighted by Crippen LogP contribution is 2.37. The molecule has 0 atom stereocenters. The van der Waals surface area contributed by atoms with Crippen molar-refractivity contribution in [3.63, 3.8) is 0 Å². The van der Waals surface area contributed by atoms with Crippen molar-refractivity contribution < 1.29 is 0 Å². The third-order valence-electron chi connectivity index (χ3n) is 8.57. The lowest BCUT2D eigenvalue weighted by Gasteiger charge is -2.26. The number of nitrogens with zero attached hydrogens (tertiary/aromatic N) is 4. The molecule has 0 saturated heterocycles. The van der Waals surface area contributed by atoms with Gasteiger partial charge in [0, 0.05) is 17.1 Å². The SMILES string of the molecule is C(=C\c1nc2ccccc2s1)/c1cccc(N(c2cccc(/C=C/c3nc4ccccc4s3)c2)c2cccc(/C=C/c3nc4ccccc4s3)c2)c1. The van der Waals surface area contributed by atoms with Crippen LogP contribution in [-0.4, -0.2) is 15.0 Å². The first-order valence-corrected chi connectivity index (χ1v) is 19.4. The number of rotatable bonds is 9. The average molecular weight is 723 g/mol. The second-order valence-electron chi connectivity index (χ2n) is 12.2. The van der Waals surface area contributed by atoms with Gasteiger partial charge in [-0.05, 0) is 108 Å². The lowest BCUT2D eigenvalue weighted by atomic mass is 10.1. The van der Waals surface area contributed by atoms with Crippen molar-refractivity contribution in [2.75, 3.05) is 4.90 Å². The van der Waals surface area contributed by atoms with Crippen molar-refractivity contribution in [1.29, 1.82) is 0 Å². The Hall–Kier alpha value is -5.99. The summed E-state index contributed by atoms with van der Waals surface area (Å²) in [6.07, 6.45) is 12.8. The van der Waals surface area contributed by atoms with Gasteiger partial charge in [-0.25, -0.2) is 15.0 Å². The predicted octanol–water partition coefficient (Wildman–Crippen LogP) is 13.5. The van der Waals surface area contributed by atoms with Crippen LogP contribution in [-0.2, 0) is 0 Å². The van der Waals surface area contributed by atoms with Gasteiger partial charge in [-0.2, -0.15) is 0 Å². The minimum Gasteiger partial charge on any atom is -0.310 e. The zero-order valence-corrected chi connectivity index (χ0v) is 30.3. The largest absolute Gasteiger partial charge is 0.310 e. The standard InChI is InChI=1S/C45H30N4S3/c1-4-19-40-37(16-1)46-43(50-40)25-22-31-10-7-13-34(28-31)49(35-14-8-11-32(29-35)23-26-44-47-38-17-2-5-20-41(38)51-44)36-15-9-12-33(30-36)24-27-45-48-39-18-3-6-21-42(39)52-45/h1-30H/b25-22+,26-23+,27-24+. The van der Waals surface area contributed by atoms with Crippen molar-refractivity contribution in [2.24, 2.45) is 0 Å². The number of hydrogen-bond acceptors (Lipinski definition) is 7. The molecular formula is C45H30N4S3. The van der Waals surface area contributed by atoms with Crippen molar-refractivity contribution >= 4 is 118 Å². The molecule has 0 saturated carbocycles. The van der Waals surface area contributed by atoms with Gasteiger partial charge in [-0.3, -0.25) is 0 Å². The molecule has 6 aromatic carbocycles. The van der Waals surface area contributed by atoms with Crippen LogP contribution >= 0.6 is 34.0 Å². The van der Waals surface area contributed by atoms with E-state index in [9.17, 15) is 0 Å². The molecule has 0 aliphatic carbocycles. The van der Waals surface area contributed by atoms with Crippen LogP contribution in [0.5, 0.6) is 0 Å². The van der Waals surface area contributed by atoms with Crippen LogP contribution in [0.1, 0.15) is 31.7 Å². The molecule has 3 aromatic heterocycles. The highest BCUT2D eigenvalue weighted by Gasteiger charge is 2.14. The molecule has 0 unspecified atom stereocenters. The van der Waals surface area contributed by atoms with Crippen LogP contribution in [0, 0.1) is 0 Å². The normalized spacial score (nSPS) is 12.0. The summed E-state index contributed by atoms with van der Waals surface area (Å²) in [4.78, 5) is 16.7. The van der Waals surface area contributed by atoms with E-state index in [1.54, 1.807) is 34.0 Å². The minimum atomic E-state index is 0.990. The molecule has 3 heterocycles. The Morgan fingerprint density at radius 1 is 0.346 bits per heavy atom. The fraction of sp³-hybridized carbons (Fsp3) is 0. The van der Waals surface area contributed by atoms with Gasteiger partial charge in [0.25, 0.3) is 0 Å². The minimum absolute atomic E-state index is 0.990. The fourth-order valence-corrected chi connectivity index (χ4v) is 8.75. The molecule has 52 heavy (non-hydrogen) atoms. The van der Waals surface area contributed by atoms with Gasteiger partial charge in [0.15, 0.2) is 0 Å². The van der Waals surface area contributed by atoms with E-state index in [0.717, 1.165) is 65.3 Å². The lowest BCUT2D eigenvalue weighted by molar-refractivity contribution is 1.28. The van der Waals surface area contributed by atoms with E-state index in [1.165, 1.54) is 14.1 Å². The first-order valence-electron chi connectivity index (χ1n) is 16.9. The van der Waals surface area contributed by atoms with Gasteiger partial charge in [0.2, 0.25) is 0 Å². The van der Waals surface area contributed by atoms with Crippen LogP contribution < -0.4 is 4.90 Å². The quantitative estimate of drug-likeness (QED) is 0.149. The van der Waals surface area contributed by atoms with Crippen molar-refractivity contribution in [1.82, 2.24) is 15.0 Å². The van der Waals surface area contributed by atoms with Gasteiger partial charge < -0.3 is 4.90 Å². The summed E-state index contributed by atoms with van der Waals surface area (Å²) in [6.45, 7) is 0. The van der Waals surface area contributed by atoms with Crippen molar-refractivity contribution in [3.8, 4) is 0 Å². The molecule has 4 nitrogen and oxygen atoms in total. The van der Waals surface area contributed by atoms with Crippen LogP contribution in [0.4, 0.5) is 17.1 Å². The van der Waals surface area contributed by atoms with E-state index in [1.807, 2.05) is 18.2 Å². The maximum Gasteiger partial charge on any atom is 0.117 e. The van der Waals surface area contributed by atoms with Crippen molar-refractivity contribution in [3.05, 3.63) is 177 Å². The zero-order chi connectivity index (χ0) is 34.7. The molecule has 0 spiro atoms. The van der Waals surface area contributed by atoms with E-state index >= 15 is 0 Å². The van der Waals surface area contributed by atoms with Crippen LogP contribution in [0.3, 0.4) is 0 Å². The molecule has 0 amide bonds. The Kier molecular flexibility index (Phi) is 8.80. The number of fused-ring (bicyclic) bond motifs is 3. The van der Waals surface area contributed by atoms with Crippen LogP contribution in [0.25, 0.3) is 67.1 Å². The molecule has 0 aliphatic rings. The number of thiazole rings is 3. The number of anilines is 3. The molecule has 9 rings (SSSR count). The van der Waals surface area contributed by atoms with Gasteiger partial charge in [-0.15, -0.1) is 34.0 Å². The summed E-state index contributed by atoms with van der Waals surface area (Å²) in [5, 5.41) is 2.97. The Morgan fingerprint density at radius 2 is 0.673 bits per heavy atom. The topological polar surface area (TPSA) is 41.9 Å². The van der Waals surface area contributed by atoms with Crippen molar-refractivity contribution in [2.45, 2.75) is 0 Å². The second kappa shape index (κ2) is 14.3. The van der Waals surface area contributed by atoms with E-state index in [4.69, 9.17) is 15.0 Å². The number of benzene rings is 6. The van der Waals surface area contributed by atoms with E-state index in [-0.39, 0.29) is 0 Å². The first kappa shape index (κ1) is 32.0. The summed E-state index contributed by atoms with van der Waals surface area (Å²) in [6, 6.07) is 50.8.